The van der Waals surface area contributed by atoms with Crippen LogP contribution in [-0.4, -0.2) is 62.4 Å². The van der Waals surface area contributed by atoms with Crippen LogP contribution in [0, 0.1) is 0 Å². The van der Waals surface area contributed by atoms with Gasteiger partial charge in [0.2, 0.25) is 10.0 Å². The Hall–Kier alpha value is -2.30. The van der Waals surface area contributed by atoms with Crippen LogP contribution in [0.2, 0.25) is 0 Å². The standard InChI is InChI=1S/C18H22F2N4O3S/c1-23-7-9-24(10-8-23)28(25,26)16-5-6-17(22-13-16)21-12-14-3-2-4-15(11-14)27-18(19)20/h2-6,11,13,18H,7-10,12H2,1H3,(H,21,22). The average molecular weight is 412 g/mol. The first-order chi connectivity index (χ1) is 13.3. The van der Waals surface area contributed by atoms with Gasteiger partial charge in [0.15, 0.2) is 0 Å². The molecule has 1 aliphatic heterocycles. The molecule has 0 saturated carbocycles. The molecule has 1 aromatic heterocycles. The highest BCUT2D eigenvalue weighted by Crippen LogP contribution is 2.19. The highest BCUT2D eigenvalue weighted by molar-refractivity contribution is 7.89. The Bertz CT molecular complexity index is 886. The number of rotatable bonds is 7. The molecule has 152 valence electrons. The maximum absolute atomic E-state index is 12.7. The zero-order valence-corrected chi connectivity index (χ0v) is 16.2. The zero-order chi connectivity index (χ0) is 20.1. The predicted octanol–water partition coefficient (Wildman–Crippen LogP) is 2.23. The van der Waals surface area contributed by atoms with Crippen molar-refractivity contribution < 1.29 is 21.9 Å². The number of nitrogens with zero attached hydrogens (tertiary/aromatic N) is 3. The van der Waals surface area contributed by atoms with E-state index in [2.05, 4.69) is 19.9 Å². The van der Waals surface area contributed by atoms with Gasteiger partial charge in [0.1, 0.15) is 16.5 Å². The van der Waals surface area contributed by atoms with Gasteiger partial charge in [0.25, 0.3) is 0 Å². The first kappa shape index (κ1) is 20.4. The number of benzene rings is 1. The molecule has 0 unspecified atom stereocenters. The fourth-order valence-corrected chi connectivity index (χ4v) is 4.21. The Morgan fingerprint density at radius 1 is 1.18 bits per heavy atom. The highest BCUT2D eigenvalue weighted by atomic mass is 32.2. The number of anilines is 1. The number of alkyl halides is 2. The van der Waals surface area contributed by atoms with Crippen LogP contribution in [0.4, 0.5) is 14.6 Å². The van der Waals surface area contributed by atoms with E-state index in [1.54, 1.807) is 18.2 Å². The Morgan fingerprint density at radius 2 is 1.93 bits per heavy atom. The summed E-state index contributed by atoms with van der Waals surface area (Å²) >= 11 is 0. The predicted molar refractivity (Wildman–Crippen MR) is 101 cm³/mol. The van der Waals surface area contributed by atoms with Crippen molar-refractivity contribution in [3.05, 3.63) is 48.2 Å². The fourth-order valence-electron chi connectivity index (χ4n) is 2.84. The third-order valence-electron chi connectivity index (χ3n) is 4.43. The highest BCUT2D eigenvalue weighted by Gasteiger charge is 2.27. The molecule has 2 aromatic rings. The topological polar surface area (TPSA) is 74.8 Å². The molecule has 1 saturated heterocycles. The molecule has 0 spiro atoms. The van der Waals surface area contributed by atoms with Crippen LogP contribution in [-0.2, 0) is 16.6 Å². The number of likely N-dealkylation sites (N-methyl/N-ethyl adjacent to an activating group) is 1. The minimum Gasteiger partial charge on any atom is -0.435 e. The number of aromatic nitrogens is 1. The van der Waals surface area contributed by atoms with Crippen molar-refractivity contribution in [3.8, 4) is 5.75 Å². The van der Waals surface area contributed by atoms with Crippen molar-refractivity contribution >= 4 is 15.8 Å². The van der Waals surface area contributed by atoms with Gasteiger partial charge in [0, 0.05) is 38.9 Å². The average Bonchev–Trinajstić information content (AvgIpc) is 2.67. The first-order valence-corrected chi connectivity index (χ1v) is 10.2. The van der Waals surface area contributed by atoms with E-state index in [1.165, 1.54) is 28.7 Å². The molecule has 0 bridgehead atoms. The van der Waals surface area contributed by atoms with Crippen LogP contribution in [0.3, 0.4) is 0 Å². The molecule has 0 amide bonds. The maximum atomic E-state index is 12.7. The number of piperazine rings is 1. The number of halogens is 2. The Morgan fingerprint density at radius 3 is 2.57 bits per heavy atom. The van der Waals surface area contributed by atoms with Crippen LogP contribution >= 0.6 is 0 Å². The van der Waals surface area contributed by atoms with Crippen molar-refractivity contribution in [3.63, 3.8) is 0 Å². The second-order valence-corrected chi connectivity index (χ2v) is 8.40. The van der Waals surface area contributed by atoms with Crippen molar-refractivity contribution in [1.29, 1.82) is 0 Å². The lowest BCUT2D eigenvalue weighted by molar-refractivity contribution is -0.0498. The van der Waals surface area contributed by atoms with E-state index in [0.717, 1.165) is 5.56 Å². The molecule has 1 aliphatic rings. The van der Waals surface area contributed by atoms with Crippen molar-refractivity contribution in [2.45, 2.75) is 18.1 Å². The normalized spacial score (nSPS) is 16.3. The van der Waals surface area contributed by atoms with Gasteiger partial charge in [-0.15, -0.1) is 0 Å². The molecule has 0 atom stereocenters. The second-order valence-electron chi connectivity index (χ2n) is 6.47. The third kappa shape index (κ3) is 5.15. The minimum atomic E-state index is -3.56. The van der Waals surface area contributed by atoms with Crippen LogP contribution in [0.15, 0.2) is 47.5 Å². The summed E-state index contributed by atoms with van der Waals surface area (Å²) < 4.78 is 55.8. The lowest BCUT2D eigenvalue weighted by Crippen LogP contribution is -2.47. The summed E-state index contributed by atoms with van der Waals surface area (Å²) in [5, 5.41) is 3.04. The molecule has 0 aliphatic carbocycles. The van der Waals surface area contributed by atoms with E-state index in [9.17, 15) is 17.2 Å². The lowest BCUT2D eigenvalue weighted by Gasteiger charge is -2.31. The number of nitrogens with one attached hydrogen (secondary N) is 1. The summed E-state index contributed by atoms with van der Waals surface area (Å²) in [7, 11) is -1.60. The van der Waals surface area contributed by atoms with E-state index >= 15 is 0 Å². The van der Waals surface area contributed by atoms with Crippen molar-refractivity contribution in [1.82, 2.24) is 14.2 Å². The molecule has 28 heavy (non-hydrogen) atoms. The summed E-state index contributed by atoms with van der Waals surface area (Å²) in [4.78, 5) is 6.39. The van der Waals surface area contributed by atoms with Crippen LogP contribution < -0.4 is 10.1 Å². The van der Waals surface area contributed by atoms with Gasteiger partial charge >= 0.3 is 6.61 Å². The molecule has 7 nitrogen and oxygen atoms in total. The quantitative estimate of drug-likeness (QED) is 0.752. The second kappa shape index (κ2) is 8.80. The lowest BCUT2D eigenvalue weighted by atomic mass is 10.2. The van der Waals surface area contributed by atoms with Gasteiger partial charge in [-0.25, -0.2) is 13.4 Å². The number of hydrogen-bond donors (Lipinski definition) is 1. The van der Waals surface area contributed by atoms with Gasteiger partial charge in [-0.1, -0.05) is 12.1 Å². The molecular weight excluding hydrogens is 390 g/mol. The van der Waals surface area contributed by atoms with E-state index in [-0.39, 0.29) is 10.6 Å². The maximum Gasteiger partial charge on any atom is 0.387 e. The Kier molecular flexibility index (Phi) is 6.42. The summed E-state index contributed by atoms with van der Waals surface area (Å²) in [6.45, 7) is -0.245. The molecular formula is C18H22F2N4O3S. The molecule has 1 aromatic carbocycles. The number of ether oxygens (including phenoxy) is 1. The molecule has 1 fully saturated rings. The van der Waals surface area contributed by atoms with Crippen LogP contribution in [0.1, 0.15) is 5.56 Å². The van der Waals surface area contributed by atoms with E-state index in [0.29, 0.717) is 38.5 Å². The van der Waals surface area contributed by atoms with Gasteiger partial charge in [-0.05, 0) is 36.9 Å². The van der Waals surface area contributed by atoms with Crippen molar-refractivity contribution in [2.75, 3.05) is 38.5 Å². The Labute approximate surface area is 163 Å². The first-order valence-electron chi connectivity index (χ1n) is 8.77. The van der Waals surface area contributed by atoms with E-state index < -0.39 is 16.6 Å². The molecule has 10 heteroatoms. The smallest absolute Gasteiger partial charge is 0.387 e. The molecule has 1 N–H and O–H groups in total. The van der Waals surface area contributed by atoms with Gasteiger partial charge in [-0.2, -0.15) is 13.1 Å². The summed E-state index contributed by atoms with van der Waals surface area (Å²) in [5.41, 5.74) is 0.731. The summed E-state index contributed by atoms with van der Waals surface area (Å²) in [6.07, 6.45) is 1.33. The number of sulfonamides is 1. The van der Waals surface area contributed by atoms with Gasteiger partial charge in [0.05, 0.1) is 0 Å². The van der Waals surface area contributed by atoms with E-state index in [1.807, 2.05) is 7.05 Å². The van der Waals surface area contributed by atoms with Gasteiger partial charge in [-0.3, -0.25) is 0 Å². The Balaban J connectivity index is 1.62. The number of pyridine rings is 1. The molecule has 0 radical (unpaired) electrons. The SMILES string of the molecule is CN1CCN(S(=O)(=O)c2ccc(NCc3cccc(OC(F)F)c3)nc2)CC1. The van der Waals surface area contributed by atoms with Crippen molar-refractivity contribution in [2.24, 2.45) is 0 Å². The number of hydrogen-bond acceptors (Lipinski definition) is 6. The van der Waals surface area contributed by atoms with Crippen LogP contribution in [0.5, 0.6) is 5.75 Å². The van der Waals surface area contributed by atoms with Gasteiger partial charge < -0.3 is 15.0 Å². The summed E-state index contributed by atoms with van der Waals surface area (Å²) in [5.74, 6) is 0.563. The van der Waals surface area contributed by atoms with Crippen LogP contribution in [0.25, 0.3) is 0 Å². The van der Waals surface area contributed by atoms with E-state index in [4.69, 9.17) is 0 Å². The monoisotopic (exact) mass is 412 g/mol. The third-order valence-corrected chi connectivity index (χ3v) is 6.32. The minimum absolute atomic E-state index is 0.0795. The summed E-state index contributed by atoms with van der Waals surface area (Å²) in [6, 6.07) is 9.43. The molecule has 2 heterocycles. The fraction of sp³-hybridized carbons (Fsp3) is 0.389. The largest absolute Gasteiger partial charge is 0.435 e. The molecule has 3 rings (SSSR count). The zero-order valence-electron chi connectivity index (χ0n) is 15.4.